The van der Waals surface area contributed by atoms with E-state index < -0.39 is 23.9 Å². The van der Waals surface area contributed by atoms with E-state index in [4.69, 9.17) is 0 Å². The molecule has 1 fully saturated rings. The molecule has 6 heteroatoms. The Hall–Kier alpha value is -1.72. The summed E-state index contributed by atoms with van der Waals surface area (Å²) >= 11 is 0. The Bertz CT molecular complexity index is 262. The van der Waals surface area contributed by atoms with E-state index >= 15 is 0 Å². The molecule has 76 valence electrons. The molecule has 0 saturated carbocycles. The molecule has 0 atom stereocenters. The van der Waals surface area contributed by atoms with Crippen molar-refractivity contribution >= 4 is 23.9 Å². The van der Waals surface area contributed by atoms with Crippen molar-refractivity contribution in [2.24, 2.45) is 0 Å². The predicted octanol–water partition coefficient (Wildman–Crippen LogP) is -0.300. The first kappa shape index (κ1) is 10.4. The Kier molecular flexibility index (Phi) is 3.33. The lowest BCUT2D eigenvalue weighted by Gasteiger charge is -2.05. The topological polar surface area (TPSA) is 86.7 Å². The lowest BCUT2D eigenvalue weighted by Crippen LogP contribution is -2.26. The number of esters is 4. The van der Waals surface area contributed by atoms with Gasteiger partial charge in [0.2, 0.25) is 0 Å². The first-order valence-corrected chi connectivity index (χ1v) is 4.09. The molecule has 0 aromatic heterocycles. The van der Waals surface area contributed by atoms with Crippen molar-refractivity contribution in [3.05, 3.63) is 0 Å². The van der Waals surface area contributed by atoms with Gasteiger partial charge in [-0.05, 0) is 12.8 Å². The maximum absolute atomic E-state index is 10.8. The lowest BCUT2D eigenvalue weighted by atomic mass is 10.2. The van der Waals surface area contributed by atoms with Crippen molar-refractivity contribution in [2.75, 3.05) is 0 Å². The van der Waals surface area contributed by atoms with Gasteiger partial charge in [0.1, 0.15) is 0 Å². The molecule has 0 amide bonds. The first-order valence-electron chi connectivity index (χ1n) is 4.09. The van der Waals surface area contributed by atoms with E-state index in [0.717, 1.165) is 0 Å². The van der Waals surface area contributed by atoms with Crippen LogP contribution < -0.4 is 0 Å². The van der Waals surface area contributed by atoms with Crippen molar-refractivity contribution in [2.45, 2.75) is 25.7 Å². The molecule has 14 heavy (non-hydrogen) atoms. The zero-order valence-corrected chi connectivity index (χ0v) is 7.28. The Balaban J connectivity index is 2.64. The standard InChI is InChI=1S/C8H8O6/c9-5-3-1-2-4-6(10)14-8(12)7(11)13-5/h1-4H2. The Morgan fingerprint density at radius 2 is 1.07 bits per heavy atom. The smallest absolute Gasteiger partial charge is 0.384 e. The molecule has 0 N–H and O–H groups in total. The molecule has 1 saturated heterocycles. The third-order valence-corrected chi connectivity index (χ3v) is 1.59. The van der Waals surface area contributed by atoms with Gasteiger partial charge in [-0.15, -0.1) is 0 Å². The van der Waals surface area contributed by atoms with Crippen LogP contribution in [0.25, 0.3) is 0 Å². The minimum Gasteiger partial charge on any atom is -0.384 e. The highest BCUT2D eigenvalue weighted by molar-refractivity contribution is 6.33. The summed E-state index contributed by atoms with van der Waals surface area (Å²) < 4.78 is 8.17. The van der Waals surface area contributed by atoms with Gasteiger partial charge < -0.3 is 9.47 Å². The predicted molar refractivity (Wildman–Crippen MR) is 40.7 cm³/mol. The fraction of sp³-hybridized carbons (Fsp3) is 0.500. The van der Waals surface area contributed by atoms with Crippen LogP contribution in [0.3, 0.4) is 0 Å². The third kappa shape index (κ3) is 2.96. The Morgan fingerprint density at radius 3 is 1.43 bits per heavy atom. The van der Waals surface area contributed by atoms with E-state index in [1.807, 2.05) is 0 Å². The molecule has 1 aliphatic rings. The van der Waals surface area contributed by atoms with Gasteiger partial charge in [0.25, 0.3) is 0 Å². The summed E-state index contributed by atoms with van der Waals surface area (Å²) in [5, 5.41) is 0. The maximum Gasteiger partial charge on any atom is 0.425 e. The van der Waals surface area contributed by atoms with E-state index in [-0.39, 0.29) is 12.8 Å². The number of hydrogen-bond donors (Lipinski definition) is 0. The zero-order chi connectivity index (χ0) is 10.6. The molecule has 1 aliphatic heterocycles. The number of carbonyl (C=O) groups is 4. The van der Waals surface area contributed by atoms with Gasteiger partial charge in [0.15, 0.2) is 0 Å². The molecule has 0 aromatic carbocycles. The van der Waals surface area contributed by atoms with Crippen LogP contribution >= 0.6 is 0 Å². The van der Waals surface area contributed by atoms with Crippen LogP contribution in [-0.4, -0.2) is 23.9 Å². The molecule has 1 rings (SSSR count). The molecular formula is C8H8O6. The highest BCUT2D eigenvalue weighted by atomic mass is 16.6. The lowest BCUT2D eigenvalue weighted by molar-refractivity contribution is -0.178. The molecule has 0 unspecified atom stereocenters. The molecule has 0 aromatic rings. The van der Waals surface area contributed by atoms with Gasteiger partial charge in [0, 0.05) is 12.8 Å². The summed E-state index contributed by atoms with van der Waals surface area (Å²) in [4.78, 5) is 43.0. The molecule has 0 bridgehead atoms. The van der Waals surface area contributed by atoms with E-state index in [0.29, 0.717) is 12.8 Å². The van der Waals surface area contributed by atoms with E-state index in [1.165, 1.54) is 0 Å². The van der Waals surface area contributed by atoms with Gasteiger partial charge in [-0.2, -0.15) is 0 Å². The molecule has 6 nitrogen and oxygen atoms in total. The minimum absolute atomic E-state index is 0.0201. The second kappa shape index (κ2) is 4.50. The molecule has 1 heterocycles. The number of carbonyl (C=O) groups excluding carboxylic acids is 4. The van der Waals surface area contributed by atoms with Gasteiger partial charge in [-0.25, -0.2) is 9.59 Å². The Labute approximate surface area is 79.2 Å². The van der Waals surface area contributed by atoms with Crippen LogP contribution in [0.2, 0.25) is 0 Å². The van der Waals surface area contributed by atoms with Crippen molar-refractivity contribution in [1.29, 1.82) is 0 Å². The quantitative estimate of drug-likeness (QED) is 0.303. The van der Waals surface area contributed by atoms with E-state index in [9.17, 15) is 19.2 Å². The number of ether oxygens (including phenoxy) is 2. The van der Waals surface area contributed by atoms with E-state index in [1.54, 1.807) is 0 Å². The van der Waals surface area contributed by atoms with Gasteiger partial charge >= 0.3 is 23.9 Å². The molecular weight excluding hydrogens is 192 g/mol. The van der Waals surface area contributed by atoms with Gasteiger partial charge in [0.05, 0.1) is 0 Å². The van der Waals surface area contributed by atoms with Crippen molar-refractivity contribution in [3.63, 3.8) is 0 Å². The number of cyclic esters (lactones) is 4. The van der Waals surface area contributed by atoms with Crippen LogP contribution in [0.4, 0.5) is 0 Å². The van der Waals surface area contributed by atoms with Crippen LogP contribution in [-0.2, 0) is 28.7 Å². The van der Waals surface area contributed by atoms with Crippen LogP contribution in [0.5, 0.6) is 0 Å². The number of rotatable bonds is 0. The summed E-state index contributed by atoms with van der Waals surface area (Å²) in [7, 11) is 0. The molecule has 0 aliphatic carbocycles. The minimum atomic E-state index is -1.44. The highest BCUT2D eigenvalue weighted by Gasteiger charge is 2.25. The second-order valence-corrected chi connectivity index (χ2v) is 2.73. The Morgan fingerprint density at radius 1 is 0.714 bits per heavy atom. The normalized spacial score (nSPS) is 20.0. The average Bonchev–Trinajstić information content (AvgIpc) is 2.11. The summed E-state index contributed by atoms with van der Waals surface area (Å²) in [6, 6.07) is 0. The first-order chi connectivity index (χ1) is 6.59. The maximum atomic E-state index is 10.8. The summed E-state index contributed by atoms with van der Waals surface area (Å²) in [5.74, 6) is -4.43. The van der Waals surface area contributed by atoms with Crippen LogP contribution in [0.15, 0.2) is 0 Å². The summed E-state index contributed by atoms with van der Waals surface area (Å²) in [6.07, 6.45) is 0.892. The fourth-order valence-electron chi connectivity index (χ4n) is 0.931. The number of hydrogen-bond acceptors (Lipinski definition) is 6. The van der Waals surface area contributed by atoms with Crippen molar-refractivity contribution < 1.29 is 28.7 Å². The zero-order valence-electron chi connectivity index (χ0n) is 7.28. The monoisotopic (exact) mass is 200 g/mol. The third-order valence-electron chi connectivity index (χ3n) is 1.59. The van der Waals surface area contributed by atoms with Crippen molar-refractivity contribution in [1.82, 2.24) is 0 Å². The van der Waals surface area contributed by atoms with Crippen molar-refractivity contribution in [3.8, 4) is 0 Å². The molecule has 0 spiro atoms. The average molecular weight is 200 g/mol. The second-order valence-electron chi connectivity index (χ2n) is 2.73. The van der Waals surface area contributed by atoms with Crippen LogP contribution in [0.1, 0.15) is 25.7 Å². The SMILES string of the molecule is O=C1CCCCC(=O)OC(=O)C(=O)O1. The highest BCUT2D eigenvalue weighted by Crippen LogP contribution is 2.05. The van der Waals surface area contributed by atoms with Gasteiger partial charge in [-0.1, -0.05) is 0 Å². The summed E-state index contributed by atoms with van der Waals surface area (Å²) in [6.45, 7) is 0. The van der Waals surface area contributed by atoms with Gasteiger partial charge in [-0.3, -0.25) is 9.59 Å². The van der Waals surface area contributed by atoms with Crippen LogP contribution in [0, 0.1) is 0 Å². The fourth-order valence-corrected chi connectivity index (χ4v) is 0.931. The summed E-state index contributed by atoms with van der Waals surface area (Å²) in [5.41, 5.74) is 0. The largest absolute Gasteiger partial charge is 0.425 e. The van der Waals surface area contributed by atoms with E-state index in [2.05, 4.69) is 9.47 Å². The molecule has 0 radical (unpaired) electrons.